The third kappa shape index (κ3) is 3.57. The van der Waals surface area contributed by atoms with Gasteiger partial charge in [-0.1, -0.05) is 41.5 Å². The van der Waals surface area contributed by atoms with Crippen molar-refractivity contribution in [3.63, 3.8) is 0 Å². The van der Waals surface area contributed by atoms with Crippen LogP contribution in [0.25, 0.3) is 11.1 Å². The van der Waals surface area contributed by atoms with E-state index in [9.17, 15) is 0 Å². The highest BCUT2D eigenvalue weighted by molar-refractivity contribution is 5.71. The van der Waals surface area contributed by atoms with Crippen molar-refractivity contribution < 1.29 is 4.74 Å². The molecule has 2 nitrogen and oxygen atoms in total. The lowest BCUT2D eigenvalue weighted by Crippen LogP contribution is -2.19. The fourth-order valence-electron chi connectivity index (χ4n) is 2.92. The molecule has 2 heteroatoms. The number of nitrogens with zero attached hydrogens (tertiary/aromatic N) is 1. The Morgan fingerprint density at radius 2 is 1.43 bits per heavy atom. The minimum atomic E-state index is 0.0162. The summed E-state index contributed by atoms with van der Waals surface area (Å²) in [6.07, 6.45) is 3.78. The Bertz CT molecular complexity index is 668. The fraction of sp³-hybridized carbons (Fsp3) is 0.476. The average Bonchev–Trinajstić information content (AvgIpc) is 2.44. The van der Waals surface area contributed by atoms with E-state index in [1.54, 1.807) is 7.11 Å². The fourth-order valence-corrected chi connectivity index (χ4v) is 2.92. The molecule has 0 bridgehead atoms. The molecule has 0 saturated carbocycles. The molecule has 0 amide bonds. The third-order valence-electron chi connectivity index (χ3n) is 4.24. The summed E-state index contributed by atoms with van der Waals surface area (Å²) in [6, 6.07) is 6.64. The minimum Gasteiger partial charge on any atom is -0.496 e. The van der Waals surface area contributed by atoms with Crippen molar-refractivity contribution in [3.8, 4) is 16.9 Å². The molecule has 0 unspecified atom stereocenters. The molecule has 0 atom stereocenters. The zero-order valence-corrected chi connectivity index (χ0v) is 15.7. The van der Waals surface area contributed by atoms with Crippen molar-refractivity contribution >= 4 is 0 Å². The quantitative estimate of drug-likeness (QED) is 0.714. The van der Waals surface area contributed by atoms with Crippen LogP contribution in [0.3, 0.4) is 0 Å². The van der Waals surface area contributed by atoms with Gasteiger partial charge in [-0.2, -0.15) is 0 Å². The summed E-state index contributed by atoms with van der Waals surface area (Å²) in [5.41, 5.74) is 6.19. The summed E-state index contributed by atoms with van der Waals surface area (Å²) in [7, 11) is 1.77. The van der Waals surface area contributed by atoms with Gasteiger partial charge in [0.1, 0.15) is 5.75 Å². The SMILES string of the molecule is COc1c(C(C)(C)C)cc(-c2ccncc2C)cc1C(C)(C)C. The highest BCUT2D eigenvalue weighted by Crippen LogP contribution is 2.42. The van der Waals surface area contributed by atoms with E-state index in [2.05, 4.69) is 71.6 Å². The second-order valence-electron chi connectivity index (χ2n) is 8.30. The Balaban J connectivity index is 2.84. The van der Waals surface area contributed by atoms with E-state index in [-0.39, 0.29) is 10.8 Å². The maximum Gasteiger partial charge on any atom is 0.126 e. The zero-order chi connectivity index (χ0) is 17.4. The molecule has 1 aromatic heterocycles. The van der Waals surface area contributed by atoms with Gasteiger partial charge >= 0.3 is 0 Å². The molecule has 2 rings (SSSR count). The molecule has 1 heterocycles. The number of hydrogen-bond donors (Lipinski definition) is 0. The first-order valence-electron chi connectivity index (χ1n) is 8.19. The summed E-state index contributed by atoms with van der Waals surface area (Å²) in [5, 5.41) is 0. The van der Waals surface area contributed by atoms with E-state index >= 15 is 0 Å². The van der Waals surface area contributed by atoms with E-state index in [0.717, 1.165) is 5.75 Å². The maximum atomic E-state index is 5.84. The van der Waals surface area contributed by atoms with Gasteiger partial charge in [-0.15, -0.1) is 0 Å². The number of pyridine rings is 1. The number of benzene rings is 1. The molecule has 0 aliphatic rings. The van der Waals surface area contributed by atoms with Gasteiger partial charge < -0.3 is 4.74 Å². The Labute approximate surface area is 140 Å². The van der Waals surface area contributed by atoms with Crippen molar-refractivity contribution in [2.75, 3.05) is 7.11 Å². The molecule has 23 heavy (non-hydrogen) atoms. The second-order valence-corrected chi connectivity index (χ2v) is 8.30. The van der Waals surface area contributed by atoms with Crippen LogP contribution in [0.2, 0.25) is 0 Å². The van der Waals surface area contributed by atoms with Crippen molar-refractivity contribution in [1.29, 1.82) is 0 Å². The standard InChI is InChI=1S/C21H29NO/c1-14-13-22-10-9-16(14)15-11-17(20(2,3)4)19(23-8)18(12-15)21(5,6)7/h9-13H,1-8H3. The first-order valence-corrected chi connectivity index (χ1v) is 8.19. The summed E-state index contributed by atoms with van der Waals surface area (Å²) in [4.78, 5) is 4.22. The molecule has 0 spiro atoms. The molecule has 0 aliphatic heterocycles. The van der Waals surface area contributed by atoms with Gasteiger partial charge in [0.15, 0.2) is 0 Å². The summed E-state index contributed by atoms with van der Waals surface area (Å²) in [5.74, 6) is 1.01. The van der Waals surface area contributed by atoms with Gasteiger partial charge in [0.2, 0.25) is 0 Å². The molecule has 0 N–H and O–H groups in total. The van der Waals surface area contributed by atoms with Crippen LogP contribution in [0, 0.1) is 6.92 Å². The predicted octanol–water partition coefficient (Wildman–Crippen LogP) is 5.66. The minimum absolute atomic E-state index is 0.0162. The van der Waals surface area contributed by atoms with Crippen LogP contribution in [0.1, 0.15) is 58.2 Å². The maximum absolute atomic E-state index is 5.84. The molecular formula is C21H29NO. The number of aryl methyl sites for hydroxylation is 1. The van der Waals surface area contributed by atoms with Crippen LogP contribution < -0.4 is 4.74 Å². The normalized spacial score (nSPS) is 12.3. The van der Waals surface area contributed by atoms with E-state index in [0.29, 0.717) is 0 Å². The highest BCUT2D eigenvalue weighted by Gasteiger charge is 2.27. The van der Waals surface area contributed by atoms with Crippen LogP contribution in [0.5, 0.6) is 5.75 Å². The summed E-state index contributed by atoms with van der Waals surface area (Å²) in [6.45, 7) is 15.5. The van der Waals surface area contributed by atoms with Crippen LogP contribution in [0.4, 0.5) is 0 Å². The Morgan fingerprint density at radius 1 is 0.913 bits per heavy atom. The van der Waals surface area contributed by atoms with Gasteiger partial charge in [0.25, 0.3) is 0 Å². The molecule has 124 valence electrons. The van der Waals surface area contributed by atoms with Crippen LogP contribution >= 0.6 is 0 Å². The molecule has 0 fully saturated rings. The summed E-state index contributed by atoms with van der Waals surface area (Å²) >= 11 is 0. The van der Waals surface area contributed by atoms with Crippen molar-refractivity contribution in [2.24, 2.45) is 0 Å². The van der Waals surface area contributed by atoms with Gasteiger partial charge in [-0.3, -0.25) is 4.98 Å². The molecule has 1 aromatic carbocycles. The lowest BCUT2D eigenvalue weighted by atomic mass is 9.77. The van der Waals surface area contributed by atoms with E-state index in [1.165, 1.54) is 27.8 Å². The lowest BCUT2D eigenvalue weighted by Gasteiger charge is -2.30. The lowest BCUT2D eigenvalue weighted by molar-refractivity contribution is 0.381. The van der Waals surface area contributed by atoms with E-state index in [4.69, 9.17) is 4.74 Å². The number of ether oxygens (including phenoxy) is 1. The predicted molar refractivity (Wildman–Crippen MR) is 98.4 cm³/mol. The molecule has 0 radical (unpaired) electrons. The van der Waals surface area contributed by atoms with Crippen molar-refractivity contribution in [1.82, 2.24) is 4.98 Å². The van der Waals surface area contributed by atoms with E-state index < -0.39 is 0 Å². The first-order chi connectivity index (χ1) is 10.6. The third-order valence-corrected chi connectivity index (χ3v) is 4.24. The van der Waals surface area contributed by atoms with Crippen molar-refractivity contribution in [2.45, 2.75) is 59.3 Å². The Kier molecular flexibility index (Phi) is 4.57. The largest absolute Gasteiger partial charge is 0.496 e. The topological polar surface area (TPSA) is 22.1 Å². The van der Waals surface area contributed by atoms with Crippen molar-refractivity contribution in [3.05, 3.63) is 47.3 Å². The smallest absolute Gasteiger partial charge is 0.126 e. The molecular weight excluding hydrogens is 282 g/mol. The average molecular weight is 311 g/mol. The molecule has 0 aliphatic carbocycles. The number of rotatable bonds is 2. The Morgan fingerprint density at radius 3 is 1.83 bits per heavy atom. The van der Waals surface area contributed by atoms with Gasteiger partial charge in [0.05, 0.1) is 7.11 Å². The Hall–Kier alpha value is -1.83. The highest BCUT2D eigenvalue weighted by atomic mass is 16.5. The van der Waals surface area contributed by atoms with Crippen LogP contribution in [-0.4, -0.2) is 12.1 Å². The monoisotopic (exact) mass is 311 g/mol. The number of aromatic nitrogens is 1. The molecule has 2 aromatic rings. The van der Waals surface area contributed by atoms with Crippen LogP contribution in [-0.2, 0) is 10.8 Å². The van der Waals surface area contributed by atoms with Gasteiger partial charge in [0, 0.05) is 23.5 Å². The zero-order valence-electron chi connectivity index (χ0n) is 15.7. The van der Waals surface area contributed by atoms with Gasteiger partial charge in [-0.25, -0.2) is 0 Å². The summed E-state index contributed by atoms with van der Waals surface area (Å²) < 4.78 is 5.84. The number of methoxy groups -OCH3 is 1. The van der Waals surface area contributed by atoms with Crippen LogP contribution in [0.15, 0.2) is 30.6 Å². The molecule has 0 saturated heterocycles. The first kappa shape index (κ1) is 17.5. The van der Waals surface area contributed by atoms with E-state index in [1.807, 2.05) is 12.4 Å². The second kappa shape index (κ2) is 5.99. The van der Waals surface area contributed by atoms with Gasteiger partial charge in [-0.05, 0) is 52.6 Å². The number of hydrogen-bond acceptors (Lipinski definition) is 2.